The molecule has 0 bridgehead atoms. The van der Waals surface area contributed by atoms with Crippen LogP contribution in [0.15, 0.2) is 48.5 Å². The molecule has 0 atom stereocenters. The molecule has 0 heterocycles. The van der Waals surface area contributed by atoms with E-state index in [4.69, 9.17) is 23.8 Å². The Morgan fingerprint density at radius 3 is 2.56 bits per heavy atom. The fourth-order valence-electron chi connectivity index (χ4n) is 2.06. The molecule has 0 saturated carbocycles. The van der Waals surface area contributed by atoms with E-state index in [2.05, 4.69) is 16.0 Å². The maximum Gasteiger partial charge on any atom is 0.258 e. The molecule has 7 heteroatoms. The molecular weight excluding hydrogens is 358 g/mol. The highest BCUT2D eigenvalue weighted by atomic mass is 35.5. The normalized spacial score (nSPS) is 10.0. The summed E-state index contributed by atoms with van der Waals surface area (Å²) in [6.45, 7) is 2.60. The van der Waals surface area contributed by atoms with Crippen molar-refractivity contribution in [3.05, 3.63) is 64.7 Å². The number of rotatable bonds is 5. The van der Waals surface area contributed by atoms with Crippen LogP contribution in [0.2, 0.25) is 5.02 Å². The van der Waals surface area contributed by atoms with Crippen LogP contribution in [0.3, 0.4) is 0 Å². The van der Waals surface area contributed by atoms with Gasteiger partial charge in [-0.25, -0.2) is 0 Å². The molecule has 0 radical (unpaired) electrons. The van der Waals surface area contributed by atoms with Crippen molar-refractivity contribution in [1.29, 1.82) is 0 Å². The molecule has 0 spiro atoms. The lowest BCUT2D eigenvalue weighted by atomic mass is 10.2. The highest BCUT2D eigenvalue weighted by Crippen LogP contribution is 2.15. The van der Waals surface area contributed by atoms with E-state index < -0.39 is 5.91 Å². The number of halogens is 1. The SMILES string of the molecule is CCCNC(=O)c1cccc(NC(=S)NC(=O)c2ccccc2Cl)c1. The Bertz CT molecular complexity index is 795. The van der Waals surface area contributed by atoms with Crippen molar-refractivity contribution in [3.8, 4) is 0 Å². The molecule has 5 nitrogen and oxygen atoms in total. The number of nitrogens with one attached hydrogen (secondary N) is 3. The van der Waals surface area contributed by atoms with Crippen LogP contribution in [-0.4, -0.2) is 23.5 Å². The van der Waals surface area contributed by atoms with Crippen molar-refractivity contribution in [1.82, 2.24) is 10.6 Å². The summed E-state index contributed by atoms with van der Waals surface area (Å²) in [6, 6.07) is 13.6. The van der Waals surface area contributed by atoms with Gasteiger partial charge in [0.2, 0.25) is 0 Å². The van der Waals surface area contributed by atoms with E-state index in [1.165, 1.54) is 0 Å². The Hall–Kier alpha value is -2.44. The van der Waals surface area contributed by atoms with Crippen LogP contribution in [0.4, 0.5) is 5.69 Å². The second kappa shape index (κ2) is 9.15. The maximum atomic E-state index is 12.2. The fourth-order valence-corrected chi connectivity index (χ4v) is 2.49. The van der Waals surface area contributed by atoms with Crippen LogP contribution >= 0.6 is 23.8 Å². The maximum absolute atomic E-state index is 12.2. The second-order valence-electron chi connectivity index (χ2n) is 5.22. The number of thiocarbonyl (C=S) groups is 1. The first-order chi connectivity index (χ1) is 12.0. The predicted octanol–water partition coefficient (Wildman–Crippen LogP) is 3.61. The highest BCUT2D eigenvalue weighted by molar-refractivity contribution is 7.80. The van der Waals surface area contributed by atoms with Gasteiger partial charge >= 0.3 is 0 Å². The largest absolute Gasteiger partial charge is 0.352 e. The van der Waals surface area contributed by atoms with E-state index >= 15 is 0 Å². The van der Waals surface area contributed by atoms with Gasteiger partial charge in [0.25, 0.3) is 11.8 Å². The summed E-state index contributed by atoms with van der Waals surface area (Å²) in [7, 11) is 0. The van der Waals surface area contributed by atoms with Gasteiger partial charge in [0.05, 0.1) is 10.6 Å². The molecule has 0 saturated heterocycles. The first kappa shape index (κ1) is 18.9. The lowest BCUT2D eigenvalue weighted by Crippen LogP contribution is -2.34. The van der Waals surface area contributed by atoms with Crippen molar-refractivity contribution in [3.63, 3.8) is 0 Å². The Labute approximate surface area is 156 Å². The number of carbonyl (C=O) groups excluding carboxylic acids is 2. The zero-order valence-electron chi connectivity index (χ0n) is 13.6. The van der Waals surface area contributed by atoms with E-state index in [1.807, 2.05) is 6.92 Å². The molecule has 0 fully saturated rings. The van der Waals surface area contributed by atoms with E-state index in [0.717, 1.165) is 6.42 Å². The fraction of sp³-hybridized carbons (Fsp3) is 0.167. The van der Waals surface area contributed by atoms with Gasteiger partial charge in [-0.05, 0) is 49.0 Å². The summed E-state index contributed by atoms with van der Waals surface area (Å²) in [5.41, 5.74) is 1.45. The lowest BCUT2D eigenvalue weighted by molar-refractivity contribution is 0.0951. The molecule has 3 N–H and O–H groups in total. The predicted molar refractivity (Wildman–Crippen MR) is 104 cm³/mol. The molecule has 2 rings (SSSR count). The average Bonchev–Trinajstić information content (AvgIpc) is 2.60. The zero-order valence-corrected chi connectivity index (χ0v) is 15.2. The molecule has 0 unspecified atom stereocenters. The third-order valence-electron chi connectivity index (χ3n) is 3.26. The molecule has 2 aromatic carbocycles. The zero-order chi connectivity index (χ0) is 18.2. The van der Waals surface area contributed by atoms with E-state index in [9.17, 15) is 9.59 Å². The topological polar surface area (TPSA) is 70.2 Å². The van der Waals surface area contributed by atoms with Crippen molar-refractivity contribution < 1.29 is 9.59 Å². The Morgan fingerprint density at radius 1 is 1.08 bits per heavy atom. The molecule has 25 heavy (non-hydrogen) atoms. The van der Waals surface area contributed by atoms with Crippen LogP contribution < -0.4 is 16.0 Å². The monoisotopic (exact) mass is 375 g/mol. The van der Waals surface area contributed by atoms with E-state index in [0.29, 0.717) is 28.4 Å². The lowest BCUT2D eigenvalue weighted by Gasteiger charge is -2.11. The quantitative estimate of drug-likeness (QED) is 0.698. The molecule has 0 aliphatic rings. The molecule has 130 valence electrons. The van der Waals surface area contributed by atoms with Crippen molar-refractivity contribution in [2.24, 2.45) is 0 Å². The van der Waals surface area contributed by atoms with E-state index in [-0.39, 0.29) is 11.0 Å². The summed E-state index contributed by atoms with van der Waals surface area (Å²) < 4.78 is 0. The Morgan fingerprint density at radius 2 is 1.84 bits per heavy atom. The minimum absolute atomic E-state index is 0.121. The average molecular weight is 376 g/mol. The number of amides is 2. The summed E-state index contributed by atoms with van der Waals surface area (Å²) in [5, 5.41) is 8.73. The Kier molecular flexibility index (Phi) is 6.91. The number of hydrogen-bond acceptors (Lipinski definition) is 3. The van der Waals surface area contributed by atoms with Crippen LogP contribution in [0.1, 0.15) is 34.1 Å². The van der Waals surface area contributed by atoms with Crippen LogP contribution in [0.25, 0.3) is 0 Å². The summed E-state index contributed by atoms with van der Waals surface area (Å²) in [6.07, 6.45) is 0.863. The van der Waals surface area contributed by atoms with E-state index in [1.54, 1.807) is 48.5 Å². The van der Waals surface area contributed by atoms with Gasteiger partial charge in [-0.2, -0.15) is 0 Å². The first-order valence-electron chi connectivity index (χ1n) is 7.76. The van der Waals surface area contributed by atoms with Gasteiger partial charge in [0, 0.05) is 17.8 Å². The number of anilines is 1. The summed E-state index contributed by atoms with van der Waals surface area (Å²) in [5.74, 6) is -0.559. The van der Waals surface area contributed by atoms with Gasteiger partial charge in [-0.3, -0.25) is 14.9 Å². The van der Waals surface area contributed by atoms with Crippen LogP contribution in [0, 0.1) is 0 Å². The van der Waals surface area contributed by atoms with Gasteiger partial charge in [0.1, 0.15) is 0 Å². The van der Waals surface area contributed by atoms with Gasteiger partial charge in [-0.15, -0.1) is 0 Å². The number of hydrogen-bond donors (Lipinski definition) is 3. The molecular formula is C18H18ClN3O2S. The van der Waals surface area contributed by atoms with Gasteiger partial charge in [0.15, 0.2) is 5.11 Å². The molecule has 0 aromatic heterocycles. The number of carbonyl (C=O) groups is 2. The highest BCUT2D eigenvalue weighted by Gasteiger charge is 2.12. The summed E-state index contributed by atoms with van der Waals surface area (Å²) >= 11 is 11.1. The smallest absolute Gasteiger partial charge is 0.258 e. The second-order valence-corrected chi connectivity index (χ2v) is 6.04. The summed E-state index contributed by atoms with van der Waals surface area (Å²) in [4.78, 5) is 24.2. The van der Waals surface area contributed by atoms with Gasteiger partial charge in [-0.1, -0.05) is 36.7 Å². The number of benzene rings is 2. The minimum atomic E-state index is -0.403. The van der Waals surface area contributed by atoms with Gasteiger partial charge < -0.3 is 10.6 Å². The molecule has 0 aliphatic heterocycles. The first-order valence-corrected chi connectivity index (χ1v) is 8.55. The standard InChI is InChI=1S/C18H18ClN3O2S/c1-2-10-20-16(23)12-6-5-7-13(11-12)21-18(25)22-17(24)14-8-3-4-9-15(14)19/h3-9,11H,2,10H2,1H3,(H,20,23)(H2,21,22,24,25). The molecule has 2 aromatic rings. The third kappa shape index (κ3) is 5.55. The molecule has 0 aliphatic carbocycles. The van der Waals surface area contributed by atoms with Crippen LogP contribution in [-0.2, 0) is 0 Å². The van der Waals surface area contributed by atoms with Crippen LogP contribution in [0.5, 0.6) is 0 Å². The Balaban J connectivity index is 2.00. The van der Waals surface area contributed by atoms with Crippen molar-refractivity contribution in [2.45, 2.75) is 13.3 Å². The third-order valence-corrected chi connectivity index (χ3v) is 3.80. The van der Waals surface area contributed by atoms with Crippen molar-refractivity contribution in [2.75, 3.05) is 11.9 Å². The molecule has 2 amide bonds. The minimum Gasteiger partial charge on any atom is -0.352 e. The van der Waals surface area contributed by atoms with Crippen molar-refractivity contribution >= 4 is 46.4 Å².